The summed E-state index contributed by atoms with van der Waals surface area (Å²) in [6.45, 7) is 0. The van der Waals surface area contributed by atoms with Crippen LogP contribution in [0.25, 0.3) is 0 Å². The van der Waals surface area contributed by atoms with E-state index in [1.165, 1.54) is 6.07 Å². The monoisotopic (exact) mass is 361 g/mol. The zero-order valence-corrected chi connectivity index (χ0v) is 14.4. The van der Waals surface area contributed by atoms with Gasteiger partial charge in [-0.3, -0.25) is 4.79 Å². The zero-order valence-electron chi connectivity index (χ0n) is 14.4. The molecule has 1 heterocycles. The van der Waals surface area contributed by atoms with Crippen LogP contribution in [-0.4, -0.2) is 35.0 Å². The molecule has 3 N–H and O–H groups in total. The molecular formula is C18H21F2N5O. The molecule has 1 aromatic heterocycles. The Morgan fingerprint density at radius 3 is 2.50 bits per heavy atom. The second kappa shape index (κ2) is 8.07. The van der Waals surface area contributed by atoms with Gasteiger partial charge in [0.15, 0.2) is 11.6 Å². The van der Waals surface area contributed by atoms with Crippen molar-refractivity contribution in [2.45, 2.75) is 37.8 Å². The molecule has 138 valence electrons. The van der Waals surface area contributed by atoms with Crippen molar-refractivity contribution < 1.29 is 13.6 Å². The fraction of sp³-hybridized carbons (Fsp3) is 0.389. The van der Waals surface area contributed by atoms with E-state index in [1.54, 1.807) is 19.3 Å². The van der Waals surface area contributed by atoms with Gasteiger partial charge in [0, 0.05) is 30.9 Å². The van der Waals surface area contributed by atoms with Crippen molar-refractivity contribution in [3.05, 3.63) is 47.7 Å². The van der Waals surface area contributed by atoms with E-state index >= 15 is 0 Å². The first-order valence-corrected chi connectivity index (χ1v) is 8.58. The van der Waals surface area contributed by atoms with E-state index in [9.17, 15) is 13.6 Å². The van der Waals surface area contributed by atoms with Crippen LogP contribution in [0, 0.1) is 11.6 Å². The standard InChI is InChI=1S/C18H21F2N5O/c1-21-16-8-9-22-18(25-16)24-13-5-3-12(4-6-13)23-17(26)11-2-7-14(19)15(20)10-11/h2,7-10,12-13H,3-6H2,1H3,(H,23,26)(H2,21,22,24,25). The number of hydrogen-bond donors (Lipinski definition) is 3. The van der Waals surface area contributed by atoms with E-state index in [0.29, 0.717) is 5.95 Å². The molecule has 6 nitrogen and oxygen atoms in total. The Kier molecular flexibility index (Phi) is 5.60. The highest BCUT2D eigenvalue weighted by atomic mass is 19.2. The lowest BCUT2D eigenvalue weighted by atomic mass is 9.91. The Morgan fingerprint density at radius 2 is 1.81 bits per heavy atom. The number of nitrogens with one attached hydrogen (secondary N) is 3. The number of carbonyl (C=O) groups is 1. The molecule has 1 aliphatic carbocycles. The second-order valence-electron chi connectivity index (χ2n) is 6.31. The van der Waals surface area contributed by atoms with Gasteiger partial charge < -0.3 is 16.0 Å². The van der Waals surface area contributed by atoms with E-state index in [1.807, 2.05) is 0 Å². The molecule has 0 spiro atoms. The SMILES string of the molecule is CNc1ccnc(NC2CCC(NC(=O)c3ccc(F)c(F)c3)CC2)n1. The summed E-state index contributed by atoms with van der Waals surface area (Å²) in [6.07, 6.45) is 4.98. The van der Waals surface area contributed by atoms with E-state index in [4.69, 9.17) is 0 Å². The van der Waals surface area contributed by atoms with Crippen molar-refractivity contribution in [2.24, 2.45) is 0 Å². The minimum absolute atomic E-state index is 0.0122. The number of amides is 1. The normalized spacial score (nSPS) is 19.7. The molecule has 26 heavy (non-hydrogen) atoms. The summed E-state index contributed by atoms with van der Waals surface area (Å²) in [5.41, 5.74) is 0.126. The lowest BCUT2D eigenvalue weighted by Gasteiger charge is -2.29. The van der Waals surface area contributed by atoms with Crippen LogP contribution < -0.4 is 16.0 Å². The van der Waals surface area contributed by atoms with Crippen molar-refractivity contribution in [3.63, 3.8) is 0 Å². The van der Waals surface area contributed by atoms with Crippen LogP contribution in [0.4, 0.5) is 20.5 Å². The van der Waals surface area contributed by atoms with E-state index in [2.05, 4.69) is 25.9 Å². The maximum Gasteiger partial charge on any atom is 0.251 e. The predicted molar refractivity (Wildman–Crippen MR) is 95.1 cm³/mol. The Hall–Kier alpha value is -2.77. The van der Waals surface area contributed by atoms with Gasteiger partial charge in [0.1, 0.15) is 5.82 Å². The third-order valence-corrected chi connectivity index (χ3v) is 4.49. The predicted octanol–water partition coefficient (Wildman–Crippen LogP) is 2.95. The van der Waals surface area contributed by atoms with Gasteiger partial charge in [0.25, 0.3) is 5.91 Å². The molecule has 1 amide bonds. The highest BCUT2D eigenvalue weighted by Crippen LogP contribution is 2.22. The molecular weight excluding hydrogens is 340 g/mol. The van der Waals surface area contributed by atoms with E-state index < -0.39 is 11.6 Å². The van der Waals surface area contributed by atoms with Crippen molar-refractivity contribution >= 4 is 17.7 Å². The van der Waals surface area contributed by atoms with Crippen LogP contribution in [-0.2, 0) is 0 Å². The maximum absolute atomic E-state index is 13.3. The zero-order chi connectivity index (χ0) is 18.5. The molecule has 1 fully saturated rings. The quantitative estimate of drug-likeness (QED) is 0.763. The number of benzene rings is 1. The summed E-state index contributed by atoms with van der Waals surface area (Å²) in [7, 11) is 1.80. The van der Waals surface area contributed by atoms with Gasteiger partial charge in [0.05, 0.1) is 0 Å². The third kappa shape index (κ3) is 4.44. The largest absolute Gasteiger partial charge is 0.373 e. The molecule has 3 rings (SSSR count). The fourth-order valence-corrected chi connectivity index (χ4v) is 3.04. The molecule has 1 saturated carbocycles. The summed E-state index contributed by atoms with van der Waals surface area (Å²) < 4.78 is 26.2. The smallest absolute Gasteiger partial charge is 0.251 e. The van der Waals surface area contributed by atoms with Crippen molar-refractivity contribution in [2.75, 3.05) is 17.7 Å². The van der Waals surface area contributed by atoms with Gasteiger partial charge in [-0.1, -0.05) is 0 Å². The molecule has 8 heteroatoms. The summed E-state index contributed by atoms with van der Waals surface area (Å²) in [4.78, 5) is 20.7. The van der Waals surface area contributed by atoms with Crippen LogP contribution in [0.2, 0.25) is 0 Å². The molecule has 0 saturated heterocycles. The van der Waals surface area contributed by atoms with Gasteiger partial charge in [-0.25, -0.2) is 13.8 Å². The number of hydrogen-bond acceptors (Lipinski definition) is 5. The Morgan fingerprint density at radius 1 is 1.08 bits per heavy atom. The number of rotatable bonds is 5. The molecule has 1 aliphatic rings. The number of carbonyl (C=O) groups excluding carboxylic acids is 1. The van der Waals surface area contributed by atoms with Gasteiger partial charge in [-0.05, 0) is 49.9 Å². The summed E-state index contributed by atoms with van der Waals surface area (Å²) in [6, 6.07) is 5.20. The van der Waals surface area contributed by atoms with Crippen LogP contribution in [0.15, 0.2) is 30.5 Å². The van der Waals surface area contributed by atoms with Gasteiger partial charge >= 0.3 is 0 Å². The highest BCUT2D eigenvalue weighted by Gasteiger charge is 2.23. The molecule has 0 aliphatic heterocycles. The lowest BCUT2D eigenvalue weighted by molar-refractivity contribution is 0.0926. The molecule has 0 bridgehead atoms. The molecule has 0 unspecified atom stereocenters. The topological polar surface area (TPSA) is 78.9 Å². The minimum atomic E-state index is -1.02. The first kappa shape index (κ1) is 18.0. The number of aromatic nitrogens is 2. The molecule has 1 aromatic carbocycles. The van der Waals surface area contributed by atoms with Gasteiger partial charge in [-0.2, -0.15) is 4.98 Å². The minimum Gasteiger partial charge on any atom is -0.373 e. The van der Waals surface area contributed by atoms with Crippen LogP contribution >= 0.6 is 0 Å². The first-order valence-electron chi connectivity index (χ1n) is 8.58. The molecule has 2 aromatic rings. The average Bonchev–Trinajstić information content (AvgIpc) is 2.65. The number of halogens is 2. The molecule has 0 radical (unpaired) electrons. The number of nitrogens with zero attached hydrogens (tertiary/aromatic N) is 2. The Labute approximate surface area is 150 Å². The summed E-state index contributed by atoms with van der Waals surface area (Å²) in [5.74, 6) is -1.04. The first-order chi connectivity index (χ1) is 12.5. The number of anilines is 2. The van der Waals surface area contributed by atoms with Crippen molar-refractivity contribution in [1.29, 1.82) is 0 Å². The highest BCUT2D eigenvalue weighted by molar-refractivity contribution is 5.94. The van der Waals surface area contributed by atoms with Crippen molar-refractivity contribution in [1.82, 2.24) is 15.3 Å². The van der Waals surface area contributed by atoms with Gasteiger partial charge in [0.2, 0.25) is 5.95 Å². The van der Waals surface area contributed by atoms with Crippen LogP contribution in [0.5, 0.6) is 0 Å². The van der Waals surface area contributed by atoms with E-state index in [-0.39, 0.29) is 23.6 Å². The maximum atomic E-state index is 13.3. The Bertz CT molecular complexity index is 778. The third-order valence-electron chi connectivity index (χ3n) is 4.49. The van der Waals surface area contributed by atoms with Crippen LogP contribution in [0.1, 0.15) is 36.0 Å². The average molecular weight is 361 g/mol. The fourth-order valence-electron chi connectivity index (χ4n) is 3.04. The van der Waals surface area contributed by atoms with E-state index in [0.717, 1.165) is 43.6 Å². The summed E-state index contributed by atoms with van der Waals surface area (Å²) >= 11 is 0. The Balaban J connectivity index is 1.50. The lowest BCUT2D eigenvalue weighted by Crippen LogP contribution is -2.40. The molecule has 0 atom stereocenters. The second-order valence-corrected chi connectivity index (χ2v) is 6.31. The van der Waals surface area contributed by atoms with Crippen LogP contribution in [0.3, 0.4) is 0 Å². The summed E-state index contributed by atoms with van der Waals surface area (Å²) in [5, 5.41) is 9.16. The van der Waals surface area contributed by atoms with Gasteiger partial charge in [-0.15, -0.1) is 0 Å². The van der Waals surface area contributed by atoms with Crippen molar-refractivity contribution in [3.8, 4) is 0 Å².